The first-order valence-electron chi connectivity index (χ1n) is 26.3. The van der Waals surface area contributed by atoms with E-state index in [2.05, 4.69) is 39.3 Å². The zero-order valence-corrected chi connectivity index (χ0v) is 43.1. The summed E-state index contributed by atoms with van der Waals surface area (Å²) >= 11 is 0. The van der Waals surface area contributed by atoms with E-state index in [-0.39, 0.29) is 40.8 Å². The smallest absolute Gasteiger partial charge is 0.336 e. The van der Waals surface area contributed by atoms with Crippen molar-refractivity contribution in [3.8, 4) is 5.75 Å². The van der Waals surface area contributed by atoms with Crippen LogP contribution in [0.1, 0.15) is 72.6 Å². The molecular weight excluding hydrogens is 1020 g/mol. The minimum atomic E-state index is -1.56. The lowest BCUT2D eigenvalue weighted by Gasteiger charge is -2.43. The number of piperidine rings is 3. The molecule has 0 bridgehead atoms. The summed E-state index contributed by atoms with van der Waals surface area (Å²) in [4.78, 5) is 66.1. The van der Waals surface area contributed by atoms with Gasteiger partial charge in [-0.15, -0.1) is 0 Å². The number of ether oxygens (including phenoxy) is 1. The highest BCUT2D eigenvalue weighted by Crippen LogP contribution is 2.38. The second kappa shape index (κ2) is 24.5. The number of likely N-dealkylation sites (tertiary alicyclic amines) is 3. The van der Waals surface area contributed by atoms with Crippen LogP contribution in [0, 0.1) is 40.8 Å². The van der Waals surface area contributed by atoms with Crippen LogP contribution in [0.2, 0.25) is 0 Å². The van der Waals surface area contributed by atoms with E-state index in [1.165, 1.54) is 40.8 Å². The van der Waals surface area contributed by atoms with Crippen molar-refractivity contribution >= 4 is 57.6 Å². The number of piperazine rings is 1. The Hall–Kier alpha value is -7.42. The van der Waals surface area contributed by atoms with Crippen LogP contribution in [0.4, 0.5) is 26.3 Å². The first-order chi connectivity index (χ1) is 37.6. The van der Waals surface area contributed by atoms with E-state index in [4.69, 9.17) is 10.5 Å². The number of carbonyl (C=O) groups is 4. The molecule has 14 nitrogen and oxygen atoms in total. The van der Waals surface area contributed by atoms with E-state index >= 15 is 0 Å². The van der Waals surface area contributed by atoms with Crippen molar-refractivity contribution in [1.29, 1.82) is 0 Å². The average Bonchev–Trinajstić information content (AvgIpc) is 4.15. The van der Waals surface area contributed by atoms with E-state index in [9.17, 15) is 50.6 Å². The van der Waals surface area contributed by atoms with Crippen molar-refractivity contribution in [2.24, 2.45) is 11.7 Å². The van der Waals surface area contributed by atoms with E-state index in [1.54, 1.807) is 16.9 Å². The molecule has 0 spiro atoms. The number of para-hydroxylation sites is 2. The Morgan fingerprint density at radius 3 is 1.60 bits per heavy atom. The Morgan fingerprint density at radius 1 is 0.603 bits per heavy atom. The topological polar surface area (TPSA) is 172 Å². The maximum absolute atomic E-state index is 13.4. The van der Waals surface area contributed by atoms with Crippen LogP contribution in [0.25, 0.3) is 34.0 Å². The van der Waals surface area contributed by atoms with Crippen LogP contribution < -0.4 is 10.5 Å². The predicted octanol–water partition coefficient (Wildman–Crippen LogP) is 8.61. The number of aromatic nitrogens is 2. The molecule has 2 aromatic heterocycles. The highest BCUT2D eigenvalue weighted by atomic mass is 19.2. The Morgan fingerprint density at radius 2 is 1.08 bits per heavy atom. The fraction of sp³-hybridized carbons (Fsp3) is 0.379. The molecule has 10 rings (SSSR count). The molecule has 5 N–H and O–H groups in total. The predicted molar refractivity (Wildman–Crippen MR) is 283 cm³/mol. The zero-order chi connectivity index (χ0) is 55.2. The molecule has 0 radical (unpaired) electrons. The maximum Gasteiger partial charge on any atom is 0.336 e. The summed E-state index contributed by atoms with van der Waals surface area (Å²) in [5.41, 5.74) is 10.6. The third-order valence-corrected chi connectivity index (χ3v) is 15.9. The van der Waals surface area contributed by atoms with E-state index < -0.39 is 47.0 Å². The first-order valence-corrected chi connectivity index (χ1v) is 26.3. The molecule has 4 aliphatic rings. The minimum absolute atomic E-state index is 0.0319. The van der Waals surface area contributed by atoms with Gasteiger partial charge in [0.15, 0.2) is 41.1 Å². The Balaban J connectivity index is 0.000000190. The standard InChI is InChI=1S/C29H31F3N4O4.C29H31F3N4O2/c1-40-24-4-2-3-20-21(17-33-27(20)24)19-7-9-35(10-8-19)28(29(38)39)36-13-11-34(12-14-36)25(37)6-5-18-15-22(30)26(32)23(31)16-18;30-23-15-18(16-24(31)27(23)32)5-6-26(37)35-11-9-20(10-12-35)28(29(33)38)36-13-7-19(8-14-36)22-17-34-25-4-2-1-3-21(22)25/h2-6,15-17,19,28,33H,7-14H2,1H3,(H,38,39);1-6,15-17,19-20,28,34H,7-14H2,(H2,33,38)/b2*6-5+. The number of fused-ring (bicyclic) bond motifs is 2. The van der Waals surface area contributed by atoms with Crippen LogP contribution in [0.5, 0.6) is 5.75 Å². The largest absolute Gasteiger partial charge is 0.495 e. The minimum Gasteiger partial charge on any atom is -0.495 e. The van der Waals surface area contributed by atoms with Gasteiger partial charge in [0.25, 0.3) is 0 Å². The van der Waals surface area contributed by atoms with Gasteiger partial charge in [0.1, 0.15) is 5.75 Å². The van der Waals surface area contributed by atoms with Gasteiger partial charge in [0.2, 0.25) is 17.7 Å². The van der Waals surface area contributed by atoms with Gasteiger partial charge in [-0.3, -0.25) is 29.1 Å². The Kier molecular flexibility index (Phi) is 17.4. The summed E-state index contributed by atoms with van der Waals surface area (Å²) in [5.74, 6) is -8.73. The number of nitrogens with zero attached hydrogens (tertiary/aromatic N) is 5. The monoisotopic (exact) mass is 1080 g/mol. The number of aliphatic carboxylic acids is 1. The quantitative estimate of drug-likeness (QED) is 0.0502. The number of hydrogen-bond acceptors (Lipinski definition) is 8. The van der Waals surface area contributed by atoms with Gasteiger partial charge >= 0.3 is 5.97 Å². The summed E-state index contributed by atoms with van der Waals surface area (Å²) in [6, 6.07) is 17.2. The maximum atomic E-state index is 13.4. The van der Waals surface area contributed by atoms with Crippen molar-refractivity contribution in [3.05, 3.63) is 148 Å². The summed E-state index contributed by atoms with van der Waals surface area (Å²) in [6.07, 6.45) is 13.0. The summed E-state index contributed by atoms with van der Waals surface area (Å²) < 4.78 is 85.5. The van der Waals surface area contributed by atoms with E-state index in [0.29, 0.717) is 77.0 Å². The molecular formula is C58H62F6N8O6. The van der Waals surface area contributed by atoms with Crippen LogP contribution in [0.3, 0.4) is 0 Å². The number of rotatable bonds is 13. The normalized spacial score (nSPS) is 18.7. The highest BCUT2D eigenvalue weighted by molar-refractivity contribution is 5.93. The summed E-state index contributed by atoms with van der Waals surface area (Å²) in [5, 5.41) is 12.5. The molecule has 0 saturated carbocycles. The number of hydrogen-bond donors (Lipinski definition) is 4. The second-order valence-electron chi connectivity index (χ2n) is 20.4. The van der Waals surface area contributed by atoms with Crippen molar-refractivity contribution in [3.63, 3.8) is 0 Å². The van der Waals surface area contributed by atoms with Crippen LogP contribution in [-0.2, 0) is 19.2 Å². The lowest BCUT2D eigenvalue weighted by molar-refractivity contribution is -0.154. The molecule has 20 heteroatoms. The number of carboxylic acid groups (broad SMARTS) is 1. The van der Waals surface area contributed by atoms with E-state index in [1.807, 2.05) is 40.3 Å². The molecule has 4 fully saturated rings. The van der Waals surface area contributed by atoms with E-state index in [0.717, 1.165) is 85.2 Å². The zero-order valence-electron chi connectivity index (χ0n) is 43.1. The number of aromatic amines is 2. The summed E-state index contributed by atoms with van der Waals surface area (Å²) in [6.45, 7) is 5.10. The molecule has 2 unspecified atom stereocenters. The lowest BCUT2D eigenvalue weighted by Crippen LogP contribution is -2.60. The number of nitrogens with two attached hydrogens (primary N) is 1. The molecule has 4 aliphatic heterocycles. The molecule has 2 atom stereocenters. The third kappa shape index (κ3) is 12.3. The number of H-pyrrole nitrogens is 2. The van der Waals surface area contributed by atoms with Crippen LogP contribution >= 0.6 is 0 Å². The number of carboxylic acids is 1. The molecule has 412 valence electrons. The number of nitrogens with one attached hydrogen (secondary N) is 2. The van der Waals surface area contributed by atoms with Gasteiger partial charge in [-0.05, 0) is 140 Å². The van der Waals surface area contributed by atoms with Crippen molar-refractivity contribution in [2.45, 2.75) is 62.6 Å². The van der Waals surface area contributed by atoms with Gasteiger partial charge in [-0.1, -0.05) is 30.3 Å². The molecule has 4 aromatic carbocycles. The number of primary amides is 1. The van der Waals surface area contributed by atoms with Gasteiger partial charge < -0.3 is 35.3 Å². The summed E-state index contributed by atoms with van der Waals surface area (Å²) in [7, 11) is 1.64. The van der Waals surface area contributed by atoms with Crippen LogP contribution in [-0.4, -0.2) is 148 Å². The molecule has 3 amide bonds. The van der Waals surface area contributed by atoms with Crippen molar-refractivity contribution in [2.75, 3.05) is 72.6 Å². The third-order valence-electron chi connectivity index (χ3n) is 15.9. The van der Waals surface area contributed by atoms with Gasteiger partial charge in [-0.25, -0.2) is 31.1 Å². The second-order valence-corrected chi connectivity index (χ2v) is 20.4. The SMILES string of the molecule is COc1cccc2c(C3CCN(C(C(=O)O)N4CCN(C(=O)/C=C/c5cc(F)c(F)c(F)c5)CC4)CC3)c[nH]c12.NC(=O)C(C1CCN(C(=O)/C=C/c2cc(F)c(F)c(F)c2)CC1)N1CCC(c2c[nH]c3ccccc23)CC1. The number of carbonyl (C=O) groups excluding carboxylic acids is 3. The fourth-order valence-corrected chi connectivity index (χ4v) is 11.8. The lowest BCUT2D eigenvalue weighted by atomic mass is 9.84. The number of halogens is 6. The van der Waals surface area contributed by atoms with Crippen molar-refractivity contribution in [1.82, 2.24) is 34.5 Å². The van der Waals surface area contributed by atoms with Crippen molar-refractivity contribution < 1.29 is 55.4 Å². The first kappa shape index (κ1) is 55.3. The Bertz CT molecular complexity index is 3160. The average molecular weight is 1080 g/mol. The number of amides is 3. The molecule has 6 heterocycles. The Labute approximate surface area is 447 Å². The number of benzene rings is 4. The highest BCUT2D eigenvalue weighted by Gasteiger charge is 2.39. The molecule has 78 heavy (non-hydrogen) atoms. The molecule has 0 aliphatic carbocycles. The van der Waals surface area contributed by atoms with Gasteiger partial charge in [0.05, 0.1) is 18.7 Å². The van der Waals surface area contributed by atoms with Gasteiger partial charge in [-0.2, -0.15) is 0 Å². The fourth-order valence-electron chi connectivity index (χ4n) is 11.8. The van der Waals surface area contributed by atoms with Gasteiger partial charge in [0, 0.05) is 93.2 Å². The van der Waals surface area contributed by atoms with Crippen LogP contribution in [0.15, 0.2) is 91.3 Å². The molecule has 6 aromatic rings. The molecule has 4 saturated heterocycles. The number of methoxy groups -OCH3 is 1.